The Hall–Kier alpha value is -2.47. The second-order valence-electron chi connectivity index (χ2n) is 7.12. The smallest absolute Gasteiger partial charge is 0.263 e. The summed E-state index contributed by atoms with van der Waals surface area (Å²) in [7, 11) is 0. The lowest BCUT2D eigenvalue weighted by molar-refractivity contribution is -0.138. The molecule has 0 aliphatic carbocycles. The molecule has 1 aromatic carbocycles. The maximum atomic E-state index is 13.0. The summed E-state index contributed by atoms with van der Waals surface area (Å²) in [5.74, 6) is 0.0950. The summed E-state index contributed by atoms with van der Waals surface area (Å²) in [6.45, 7) is 3.26. The first-order valence-electron chi connectivity index (χ1n) is 9.39. The second-order valence-corrected chi connectivity index (χ2v) is 8.41. The minimum absolute atomic E-state index is 0.00699. The summed E-state index contributed by atoms with van der Waals surface area (Å²) in [6.07, 6.45) is 3.98. The van der Waals surface area contributed by atoms with Crippen LogP contribution in [0.4, 0.5) is 0 Å². The largest absolute Gasteiger partial charge is 0.338 e. The molecule has 1 atom stereocenters. The van der Waals surface area contributed by atoms with Crippen LogP contribution >= 0.6 is 11.3 Å². The van der Waals surface area contributed by atoms with Crippen LogP contribution in [-0.4, -0.2) is 41.0 Å². The molecular weight excluding hydrogens is 358 g/mol. The maximum absolute atomic E-state index is 13.0. The Kier molecular flexibility index (Phi) is 5.07. The van der Waals surface area contributed by atoms with Crippen LogP contribution in [0.2, 0.25) is 0 Å². The fourth-order valence-corrected chi connectivity index (χ4v) is 4.64. The lowest BCUT2D eigenvalue weighted by Crippen LogP contribution is -2.43. The first-order chi connectivity index (χ1) is 13.1. The highest BCUT2D eigenvalue weighted by atomic mass is 32.1. The Morgan fingerprint density at radius 2 is 1.81 bits per heavy atom. The van der Waals surface area contributed by atoms with Gasteiger partial charge in [-0.3, -0.25) is 9.59 Å². The molecule has 0 N–H and O–H groups in total. The van der Waals surface area contributed by atoms with E-state index in [0.717, 1.165) is 21.7 Å². The third kappa shape index (κ3) is 3.67. The molecule has 27 heavy (non-hydrogen) atoms. The van der Waals surface area contributed by atoms with Gasteiger partial charge in [0.1, 0.15) is 0 Å². The van der Waals surface area contributed by atoms with Crippen molar-refractivity contribution in [2.24, 2.45) is 11.0 Å². The van der Waals surface area contributed by atoms with E-state index in [1.54, 1.807) is 5.01 Å². The van der Waals surface area contributed by atoms with Gasteiger partial charge in [0.2, 0.25) is 5.91 Å². The minimum atomic E-state index is -0.0689. The number of piperidine rings is 1. The van der Waals surface area contributed by atoms with Gasteiger partial charge in [-0.2, -0.15) is 5.10 Å². The van der Waals surface area contributed by atoms with Crippen LogP contribution in [0.25, 0.3) is 0 Å². The van der Waals surface area contributed by atoms with E-state index in [0.29, 0.717) is 25.9 Å². The van der Waals surface area contributed by atoms with Gasteiger partial charge in [0.15, 0.2) is 0 Å². The zero-order valence-electron chi connectivity index (χ0n) is 15.4. The normalized spacial score (nSPS) is 20.3. The predicted octanol–water partition coefficient (Wildman–Crippen LogP) is 3.87. The highest BCUT2D eigenvalue weighted by Gasteiger charge is 2.35. The number of amides is 2. The second kappa shape index (κ2) is 7.64. The highest BCUT2D eigenvalue weighted by molar-refractivity contribution is 7.13. The SMILES string of the molecule is Cc1ccc(C(=O)N2CCC(C(=O)N3N=CCC3c3ccccc3)CC2)s1. The Morgan fingerprint density at radius 3 is 2.48 bits per heavy atom. The number of hydrogen-bond donors (Lipinski definition) is 0. The lowest BCUT2D eigenvalue weighted by Gasteiger charge is -2.33. The first kappa shape index (κ1) is 17.9. The molecule has 2 aliphatic heterocycles. The molecule has 0 saturated carbocycles. The van der Waals surface area contributed by atoms with Crippen molar-refractivity contribution in [2.45, 2.75) is 32.2 Å². The number of benzene rings is 1. The zero-order valence-corrected chi connectivity index (χ0v) is 16.2. The van der Waals surface area contributed by atoms with Crippen molar-refractivity contribution in [2.75, 3.05) is 13.1 Å². The topological polar surface area (TPSA) is 53.0 Å². The molecule has 2 aromatic rings. The van der Waals surface area contributed by atoms with E-state index in [-0.39, 0.29) is 23.8 Å². The van der Waals surface area contributed by atoms with Crippen molar-refractivity contribution in [3.05, 3.63) is 57.8 Å². The third-order valence-corrected chi connectivity index (χ3v) is 6.31. The summed E-state index contributed by atoms with van der Waals surface area (Å²) in [5, 5.41) is 6.01. The molecule has 4 rings (SSSR count). The summed E-state index contributed by atoms with van der Waals surface area (Å²) in [4.78, 5) is 29.4. The van der Waals surface area contributed by atoms with Gasteiger partial charge >= 0.3 is 0 Å². The first-order valence-corrected chi connectivity index (χ1v) is 10.2. The Bertz CT molecular complexity index is 853. The number of nitrogens with zero attached hydrogens (tertiary/aromatic N) is 3. The molecule has 140 valence electrons. The van der Waals surface area contributed by atoms with E-state index in [1.807, 2.05) is 60.5 Å². The third-order valence-electron chi connectivity index (χ3n) is 5.32. The Labute approximate surface area is 163 Å². The summed E-state index contributed by atoms with van der Waals surface area (Å²) >= 11 is 1.53. The number of hydrazone groups is 1. The zero-order chi connectivity index (χ0) is 18.8. The van der Waals surface area contributed by atoms with Gasteiger partial charge in [-0.25, -0.2) is 5.01 Å². The van der Waals surface area contributed by atoms with Crippen LogP contribution in [0.15, 0.2) is 47.6 Å². The highest BCUT2D eigenvalue weighted by Crippen LogP contribution is 2.32. The monoisotopic (exact) mass is 381 g/mol. The summed E-state index contributed by atoms with van der Waals surface area (Å²) in [6, 6.07) is 13.9. The van der Waals surface area contributed by atoms with E-state index >= 15 is 0 Å². The van der Waals surface area contributed by atoms with Crippen LogP contribution < -0.4 is 0 Å². The van der Waals surface area contributed by atoms with E-state index in [9.17, 15) is 9.59 Å². The van der Waals surface area contributed by atoms with Gasteiger partial charge in [-0.15, -0.1) is 11.3 Å². The van der Waals surface area contributed by atoms with E-state index < -0.39 is 0 Å². The number of carbonyl (C=O) groups excluding carboxylic acids is 2. The molecule has 0 bridgehead atoms. The number of hydrogen-bond acceptors (Lipinski definition) is 4. The van der Waals surface area contributed by atoms with Gasteiger partial charge in [0.25, 0.3) is 5.91 Å². The standard InChI is InChI=1S/C21H23N3O2S/c1-15-7-8-19(27-15)21(26)23-13-10-17(11-14-23)20(25)24-18(9-12-22-24)16-5-3-2-4-6-16/h2-8,12,17-18H,9-11,13-14H2,1H3. The lowest BCUT2D eigenvalue weighted by atomic mass is 9.94. The fraction of sp³-hybridized carbons (Fsp3) is 0.381. The van der Waals surface area contributed by atoms with Crippen LogP contribution in [0.1, 0.15) is 45.4 Å². The van der Waals surface area contributed by atoms with Crippen molar-refractivity contribution in [3.8, 4) is 0 Å². The number of rotatable bonds is 3. The minimum Gasteiger partial charge on any atom is -0.338 e. The Balaban J connectivity index is 1.38. The average Bonchev–Trinajstić information content (AvgIpc) is 3.37. The number of likely N-dealkylation sites (tertiary alicyclic amines) is 1. The van der Waals surface area contributed by atoms with Crippen LogP contribution in [-0.2, 0) is 4.79 Å². The van der Waals surface area contributed by atoms with Crippen molar-refractivity contribution >= 4 is 29.4 Å². The van der Waals surface area contributed by atoms with E-state index in [1.165, 1.54) is 11.3 Å². The predicted molar refractivity (Wildman–Crippen MR) is 107 cm³/mol. The number of aryl methyl sites for hydroxylation is 1. The molecular formula is C21H23N3O2S. The molecule has 2 aliphatic rings. The molecule has 0 radical (unpaired) electrons. The van der Waals surface area contributed by atoms with Gasteiger partial charge in [-0.1, -0.05) is 30.3 Å². The molecule has 0 spiro atoms. The fourth-order valence-electron chi connectivity index (χ4n) is 3.80. The average molecular weight is 382 g/mol. The molecule has 6 heteroatoms. The van der Waals surface area contributed by atoms with Crippen molar-refractivity contribution < 1.29 is 9.59 Å². The molecule has 1 saturated heterocycles. The Morgan fingerprint density at radius 1 is 1.07 bits per heavy atom. The van der Waals surface area contributed by atoms with Crippen molar-refractivity contribution in [3.63, 3.8) is 0 Å². The van der Waals surface area contributed by atoms with Gasteiger partial charge in [0.05, 0.1) is 10.9 Å². The van der Waals surface area contributed by atoms with Crippen LogP contribution in [0.3, 0.4) is 0 Å². The van der Waals surface area contributed by atoms with Crippen LogP contribution in [0, 0.1) is 12.8 Å². The summed E-state index contributed by atoms with van der Waals surface area (Å²) < 4.78 is 0. The molecule has 1 fully saturated rings. The van der Waals surface area contributed by atoms with Crippen molar-refractivity contribution in [1.82, 2.24) is 9.91 Å². The summed E-state index contributed by atoms with van der Waals surface area (Å²) in [5.41, 5.74) is 1.11. The van der Waals surface area contributed by atoms with E-state index in [4.69, 9.17) is 0 Å². The van der Waals surface area contributed by atoms with Gasteiger partial charge < -0.3 is 4.90 Å². The number of carbonyl (C=O) groups is 2. The molecule has 2 amide bonds. The van der Waals surface area contributed by atoms with Gasteiger partial charge in [-0.05, 0) is 37.5 Å². The molecule has 1 unspecified atom stereocenters. The number of thiophene rings is 1. The van der Waals surface area contributed by atoms with Gasteiger partial charge in [0, 0.05) is 36.5 Å². The van der Waals surface area contributed by atoms with Crippen molar-refractivity contribution in [1.29, 1.82) is 0 Å². The quantitative estimate of drug-likeness (QED) is 0.810. The maximum Gasteiger partial charge on any atom is 0.263 e. The molecule has 5 nitrogen and oxygen atoms in total. The molecule has 1 aromatic heterocycles. The molecule has 3 heterocycles. The van der Waals surface area contributed by atoms with E-state index in [2.05, 4.69) is 5.10 Å². The van der Waals surface area contributed by atoms with Crippen LogP contribution in [0.5, 0.6) is 0 Å².